The van der Waals surface area contributed by atoms with Crippen LogP contribution in [-0.4, -0.2) is 134 Å². The van der Waals surface area contributed by atoms with Gasteiger partial charge in [0.2, 0.25) is 6.41 Å². The van der Waals surface area contributed by atoms with E-state index in [4.69, 9.17) is 35.6 Å². The van der Waals surface area contributed by atoms with Crippen molar-refractivity contribution in [2.45, 2.75) is 94.2 Å². The third kappa shape index (κ3) is 12.2. The predicted molar refractivity (Wildman–Crippen MR) is 147 cm³/mol. The molecule has 1 amide bonds. The maximum atomic E-state index is 11.1. The van der Waals surface area contributed by atoms with Crippen LogP contribution in [0.25, 0.3) is 0 Å². The summed E-state index contributed by atoms with van der Waals surface area (Å²) in [7, 11) is 3.06. The molecule has 0 aromatic heterocycles. The van der Waals surface area contributed by atoms with Gasteiger partial charge in [-0.25, -0.2) is 0 Å². The number of nitrogens with one attached hydrogen (secondary N) is 2. The van der Waals surface area contributed by atoms with E-state index in [1.807, 2.05) is 13.0 Å². The Morgan fingerprint density at radius 1 is 1.27 bits per heavy atom. The minimum absolute atomic E-state index is 0.0282. The molecule has 12 N–H and O–H groups in total. The molecule has 0 radical (unpaired) electrons. The molecule has 1 aliphatic carbocycles. The van der Waals surface area contributed by atoms with Gasteiger partial charge in [-0.05, 0) is 39.4 Å². The number of hydrogen-bond donors (Lipinski definition) is 9. The van der Waals surface area contributed by atoms with Crippen LogP contribution < -0.4 is 27.8 Å². The van der Waals surface area contributed by atoms with Crippen LogP contribution in [0.1, 0.15) is 39.5 Å². The number of rotatable bonds is 11. The number of likely N-dealkylation sites (N-methyl/N-ethyl adjacent to an activating group) is 2. The topological polar surface area (TPSA) is 240 Å². The quantitative estimate of drug-likeness (QED) is 0.0892. The fourth-order valence-corrected chi connectivity index (χ4v) is 4.59. The van der Waals surface area contributed by atoms with Crippen molar-refractivity contribution in [1.29, 1.82) is 0 Å². The average Bonchev–Trinajstić information content (AvgIpc) is 2.90. The maximum absolute atomic E-state index is 11.1. The summed E-state index contributed by atoms with van der Waals surface area (Å²) in [6, 6.07) is -1.18. The number of carbonyl (C=O) groups excluding carboxylic acids is 1. The standard InChI is InChI=1S/C21H37N3O8.C3H10N2O.CH5N/c1-3-23-9-12-5-4-6-16(30-12)31-18-13(22)7-14(24-11-25)19(17(18)27)32-20-15(26)8-21(2,28)10-29-20;1-5(6)3-2-4;1-2/h5,11,13-20,23,26-28H,3-4,6-10,22H2,1-2H3,(H,24,25);6H,2-4H2,1H3;2H2,1H3/t13?,14?,15?,16-,17?,18-,19+,20?,21-;;/m1../s1. The molecule has 0 spiro atoms. The lowest BCUT2D eigenvalue weighted by Crippen LogP contribution is -2.65. The molecule has 0 aromatic carbocycles. The van der Waals surface area contributed by atoms with Gasteiger partial charge in [-0.2, -0.15) is 5.06 Å². The lowest BCUT2D eigenvalue weighted by Gasteiger charge is -2.46. The van der Waals surface area contributed by atoms with Crippen LogP contribution in [0, 0.1) is 0 Å². The van der Waals surface area contributed by atoms with Crippen molar-refractivity contribution in [3.05, 3.63) is 11.8 Å². The fraction of sp³-hybridized carbons (Fsp3) is 0.880. The number of nitrogens with two attached hydrogens (primary N) is 3. The average molecular weight is 581 g/mol. The highest BCUT2D eigenvalue weighted by Gasteiger charge is 2.48. The van der Waals surface area contributed by atoms with Gasteiger partial charge in [0.1, 0.15) is 30.2 Å². The van der Waals surface area contributed by atoms with E-state index in [-0.39, 0.29) is 13.0 Å². The molecule has 0 aromatic rings. The monoisotopic (exact) mass is 580 g/mol. The molecule has 40 heavy (non-hydrogen) atoms. The molecule has 1 saturated heterocycles. The van der Waals surface area contributed by atoms with Crippen molar-refractivity contribution in [2.75, 3.05) is 46.9 Å². The zero-order valence-electron chi connectivity index (χ0n) is 24.1. The molecule has 2 heterocycles. The van der Waals surface area contributed by atoms with Gasteiger partial charge < -0.3 is 67.3 Å². The molecular formula is C25H52N6O9. The first-order valence-corrected chi connectivity index (χ1v) is 13.7. The van der Waals surface area contributed by atoms with Gasteiger partial charge in [0.25, 0.3) is 0 Å². The highest BCUT2D eigenvalue weighted by Crippen LogP contribution is 2.31. The second kappa shape index (κ2) is 18.9. The first kappa shape index (κ1) is 36.6. The Morgan fingerprint density at radius 2 is 1.98 bits per heavy atom. The Kier molecular flexibility index (Phi) is 17.2. The molecule has 9 atom stereocenters. The van der Waals surface area contributed by atoms with E-state index in [2.05, 4.69) is 16.4 Å². The summed E-state index contributed by atoms with van der Waals surface area (Å²) in [6.45, 7) is 5.99. The molecule has 15 nitrogen and oxygen atoms in total. The number of amides is 1. The summed E-state index contributed by atoms with van der Waals surface area (Å²) in [6.07, 6.45) is -1.42. The molecule has 15 heteroatoms. The summed E-state index contributed by atoms with van der Waals surface area (Å²) < 4.78 is 23.4. The SMILES string of the molecule is CCNCC1=CCC[C@@H](O[C@@H]2C(N)CC(NC=O)[C@H](OC3OC[C@](C)(O)CC3O)C2O)O1.CN.CN(O)CCN. The Morgan fingerprint density at radius 3 is 2.52 bits per heavy atom. The normalized spacial score (nSPS) is 35.8. The minimum atomic E-state index is -1.21. The zero-order valence-corrected chi connectivity index (χ0v) is 24.1. The summed E-state index contributed by atoms with van der Waals surface area (Å²) in [5, 5.41) is 46.7. The van der Waals surface area contributed by atoms with Crippen molar-refractivity contribution in [3.8, 4) is 0 Å². The predicted octanol–water partition coefficient (Wildman–Crippen LogP) is -2.71. The van der Waals surface area contributed by atoms with E-state index >= 15 is 0 Å². The van der Waals surface area contributed by atoms with Gasteiger partial charge >= 0.3 is 0 Å². The number of aliphatic hydroxyl groups is 3. The molecule has 2 aliphatic heterocycles. The Bertz CT molecular complexity index is 733. The molecule has 236 valence electrons. The van der Waals surface area contributed by atoms with Crippen LogP contribution in [0.15, 0.2) is 11.8 Å². The number of hydrogen-bond acceptors (Lipinski definition) is 14. The van der Waals surface area contributed by atoms with E-state index in [1.165, 1.54) is 7.05 Å². The van der Waals surface area contributed by atoms with Gasteiger partial charge in [0.05, 0.1) is 24.8 Å². The van der Waals surface area contributed by atoms with Crippen LogP contribution in [-0.2, 0) is 23.7 Å². The van der Waals surface area contributed by atoms with Crippen LogP contribution >= 0.6 is 0 Å². The third-order valence-corrected chi connectivity index (χ3v) is 6.48. The smallest absolute Gasteiger partial charge is 0.207 e. The number of aliphatic hydroxyl groups excluding tert-OH is 2. The fourth-order valence-electron chi connectivity index (χ4n) is 4.59. The van der Waals surface area contributed by atoms with Gasteiger partial charge in [-0.1, -0.05) is 6.92 Å². The third-order valence-electron chi connectivity index (χ3n) is 6.48. The van der Waals surface area contributed by atoms with E-state index in [0.29, 0.717) is 38.9 Å². The van der Waals surface area contributed by atoms with Crippen molar-refractivity contribution in [1.82, 2.24) is 15.7 Å². The van der Waals surface area contributed by atoms with Crippen molar-refractivity contribution in [2.24, 2.45) is 17.2 Å². The lowest BCUT2D eigenvalue weighted by atomic mass is 9.83. The summed E-state index contributed by atoms with van der Waals surface area (Å²) in [5.74, 6) is 0.779. The van der Waals surface area contributed by atoms with Crippen molar-refractivity contribution < 1.29 is 44.3 Å². The zero-order chi connectivity index (χ0) is 30.3. The summed E-state index contributed by atoms with van der Waals surface area (Å²) >= 11 is 0. The van der Waals surface area contributed by atoms with E-state index < -0.39 is 54.7 Å². The number of carbonyl (C=O) groups is 1. The molecule has 3 aliphatic rings. The number of nitrogens with zero attached hydrogens (tertiary/aromatic N) is 1. The van der Waals surface area contributed by atoms with Gasteiger partial charge in [0, 0.05) is 39.0 Å². The molecule has 1 saturated carbocycles. The van der Waals surface area contributed by atoms with Gasteiger partial charge in [-0.3, -0.25) is 4.79 Å². The second-order valence-electron chi connectivity index (χ2n) is 10.2. The molecule has 2 fully saturated rings. The first-order chi connectivity index (χ1) is 19.0. The van der Waals surface area contributed by atoms with Crippen molar-refractivity contribution >= 4 is 6.41 Å². The van der Waals surface area contributed by atoms with E-state index in [9.17, 15) is 20.1 Å². The summed E-state index contributed by atoms with van der Waals surface area (Å²) in [5.41, 5.74) is 14.6. The number of hydroxylamine groups is 2. The summed E-state index contributed by atoms with van der Waals surface area (Å²) in [4.78, 5) is 11.1. The Hall–Kier alpha value is -1.47. The number of allylic oxidation sites excluding steroid dienone is 1. The highest BCUT2D eigenvalue weighted by molar-refractivity contribution is 5.47. The molecule has 5 unspecified atom stereocenters. The van der Waals surface area contributed by atoms with E-state index in [1.54, 1.807) is 14.0 Å². The highest BCUT2D eigenvalue weighted by atomic mass is 16.7. The Labute approximate surface area is 236 Å². The van der Waals surface area contributed by atoms with Crippen molar-refractivity contribution in [3.63, 3.8) is 0 Å². The van der Waals surface area contributed by atoms with E-state index in [0.717, 1.165) is 23.8 Å². The number of ether oxygens (including phenoxy) is 4. The van der Waals surface area contributed by atoms with Gasteiger partial charge in [-0.15, -0.1) is 0 Å². The maximum Gasteiger partial charge on any atom is 0.207 e. The minimum Gasteiger partial charge on any atom is -0.468 e. The van der Waals surface area contributed by atoms with Crippen LogP contribution in [0.4, 0.5) is 0 Å². The first-order valence-electron chi connectivity index (χ1n) is 13.7. The second-order valence-corrected chi connectivity index (χ2v) is 10.2. The largest absolute Gasteiger partial charge is 0.468 e. The molecular weight excluding hydrogens is 528 g/mol. The molecule has 0 bridgehead atoms. The van der Waals surface area contributed by atoms with Crippen LogP contribution in [0.3, 0.4) is 0 Å². The lowest BCUT2D eigenvalue weighted by molar-refractivity contribution is -0.296. The molecule has 3 rings (SSSR count). The van der Waals surface area contributed by atoms with Crippen LogP contribution in [0.5, 0.6) is 0 Å². The van der Waals surface area contributed by atoms with Crippen LogP contribution in [0.2, 0.25) is 0 Å². The van der Waals surface area contributed by atoms with Gasteiger partial charge in [0.15, 0.2) is 12.6 Å². The Balaban J connectivity index is 0.000000885.